The Morgan fingerprint density at radius 3 is 2.13 bits per heavy atom. The maximum Gasteiger partial charge on any atom is 0.172 e. The molecule has 0 aliphatic heterocycles. The van der Waals surface area contributed by atoms with Gasteiger partial charge in [0.25, 0.3) is 0 Å². The van der Waals surface area contributed by atoms with Gasteiger partial charge in [0, 0.05) is 5.56 Å². The van der Waals surface area contributed by atoms with Crippen LogP contribution in [0.1, 0.15) is 21.8 Å². The van der Waals surface area contributed by atoms with Gasteiger partial charge in [-0.2, -0.15) is 0 Å². The summed E-state index contributed by atoms with van der Waals surface area (Å²) in [6.45, 7) is -0.407. The summed E-state index contributed by atoms with van der Waals surface area (Å²) in [7, 11) is 2.79. The molecule has 0 bridgehead atoms. The number of hydrogen-bond donors (Lipinski definition) is 3. The van der Waals surface area contributed by atoms with Crippen LogP contribution >= 0.6 is 0 Å². The average Bonchev–Trinajstić information content (AvgIpc) is 2.57. The molecule has 3 N–H and O–H groups in total. The predicted molar refractivity (Wildman–Crippen MR) is 83.5 cm³/mol. The van der Waals surface area contributed by atoms with E-state index in [4.69, 9.17) is 9.47 Å². The third-order valence-corrected chi connectivity index (χ3v) is 3.57. The van der Waals surface area contributed by atoms with E-state index in [2.05, 4.69) is 0 Å². The molecule has 0 aliphatic rings. The van der Waals surface area contributed by atoms with Crippen LogP contribution in [-0.2, 0) is 0 Å². The third-order valence-electron chi connectivity index (χ3n) is 3.57. The molecule has 0 saturated carbocycles. The molecule has 0 saturated heterocycles. The molecule has 122 valence electrons. The van der Waals surface area contributed by atoms with E-state index in [1.54, 1.807) is 6.07 Å². The highest BCUT2D eigenvalue weighted by atomic mass is 16.5. The van der Waals surface area contributed by atoms with Crippen molar-refractivity contribution in [3.05, 3.63) is 47.5 Å². The van der Waals surface area contributed by atoms with Crippen molar-refractivity contribution in [2.45, 2.75) is 5.92 Å². The van der Waals surface area contributed by atoms with Gasteiger partial charge in [-0.05, 0) is 35.9 Å². The summed E-state index contributed by atoms with van der Waals surface area (Å²) in [6.07, 6.45) is 0. The lowest BCUT2D eigenvalue weighted by molar-refractivity contribution is 0.0921. The van der Waals surface area contributed by atoms with E-state index in [0.717, 1.165) is 0 Å². The van der Waals surface area contributed by atoms with Crippen molar-refractivity contribution in [1.29, 1.82) is 0 Å². The molecule has 0 aliphatic carbocycles. The number of ketones is 1. The Hall–Kier alpha value is -2.73. The number of carbonyl (C=O) groups excluding carboxylic acids is 1. The van der Waals surface area contributed by atoms with Crippen molar-refractivity contribution in [3.63, 3.8) is 0 Å². The van der Waals surface area contributed by atoms with Crippen molar-refractivity contribution in [2.75, 3.05) is 20.8 Å². The number of ether oxygens (including phenoxy) is 2. The Kier molecular flexibility index (Phi) is 5.08. The van der Waals surface area contributed by atoms with Gasteiger partial charge in [-0.1, -0.05) is 6.07 Å². The van der Waals surface area contributed by atoms with Crippen molar-refractivity contribution in [1.82, 2.24) is 0 Å². The number of phenols is 2. The molecule has 2 rings (SSSR count). The minimum absolute atomic E-state index is 0.0494. The van der Waals surface area contributed by atoms with E-state index >= 15 is 0 Å². The van der Waals surface area contributed by atoms with E-state index in [-0.39, 0.29) is 28.8 Å². The van der Waals surface area contributed by atoms with E-state index in [9.17, 15) is 20.1 Å². The summed E-state index contributed by atoms with van der Waals surface area (Å²) < 4.78 is 10.0. The zero-order valence-corrected chi connectivity index (χ0v) is 12.8. The van der Waals surface area contributed by atoms with Gasteiger partial charge in [0.1, 0.15) is 0 Å². The Labute approximate surface area is 133 Å². The summed E-state index contributed by atoms with van der Waals surface area (Å²) in [6, 6.07) is 8.69. The van der Waals surface area contributed by atoms with Crippen LogP contribution in [0, 0.1) is 0 Å². The summed E-state index contributed by atoms with van der Waals surface area (Å²) in [5, 5.41) is 28.8. The Bertz CT molecular complexity index is 710. The summed E-state index contributed by atoms with van der Waals surface area (Å²) in [5.74, 6) is -0.882. The van der Waals surface area contributed by atoms with Gasteiger partial charge < -0.3 is 24.8 Å². The topological polar surface area (TPSA) is 96.2 Å². The number of Topliss-reactive ketones (excluding diaryl/α,β-unsaturated/α-hetero) is 1. The van der Waals surface area contributed by atoms with Crippen LogP contribution in [-0.4, -0.2) is 41.9 Å². The standard InChI is InChI=1S/C17H18O6/c1-22-15-7-10(3-5-13(15)19)12(9-18)17(21)11-4-6-14(20)16(8-11)23-2/h3-8,12,18-20H,9H2,1-2H3/t12-/m0/s1. The number of rotatable bonds is 6. The molecular weight excluding hydrogens is 300 g/mol. The number of aliphatic hydroxyl groups excluding tert-OH is 1. The van der Waals surface area contributed by atoms with Crippen LogP contribution in [0.15, 0.2) is 36.4 Å². The van der Waals surface area contributed by atoms with Gasteiger partial charge in [0.15, 0.2) is 28.8 Å². The van der Waals surface area contributed by atoms with Gasteiger partial charge in [0.2, 0.25) is 0 Å². The molecule has 0 heterocycles. The Morgan fingerprint density at radius 2 is 1.57 bits per heavy atom. The monoisotopic (exact) mass is 318 g/mol. The highest BCUT2D eigenvalue weighted by Gasteiger charge is 2.23. The van der Waals surface area contributed by atoms with Gasteiger partial charge >= 0.3 is 0 Å². The van der Waals surface area contributed by atoms with Crippen molar-refractivity contribution in [2.24, 2.45) is 0 Å². The van der Waals surface area contributed by atoms with Crippen molar-refractivity contribution in [3.8, 4) is 23.0 Å². The fourth-order valence-electron chi connectivity index (χ4n) is 2.28. The fourth-order valence-corrected chi connectivity index (χ4v) is 2.28. The second-order valence-electron chi connectivity index (χ2n) is 4.92. The van der Waals surface area contributed by atoms with Crippen LogP contribution in [0.2, 0.25) is 0 Å². The SMILES string of the molecule is COc1cc(C(=O)[C@@H](CO)c2ccc(O)c(OC)c2)ccc1O. The molecule has 23 heavy (non-hydrogen) atoms. The summed E-state index contributed by atoms with van der Waals surface area (Å²) >= 11 is 0. The average molecular weight is 318 g/mol. The summed E-state index contributed by atoms with van der Waals surface area (Å²) in [5.41, 5.74) is 0.810. The Balaban J connectivity index is 2.39. The van der Waals surface area contributed by atoms with Gasteiger partial charge in [-0.25, -0.2) is 0 Å². The van der Waals surface area contributed by atoms with Crippen LogP contribution in [0.25, 0.3) is 0 Å². The zero-order chi connectivity index (χ0) is 17.0. The smallest absolute Gasteiger partial charge is 0.172 e. The van der Waals surface area contributed by atoms with Crippen molar-refractivity contribution < 1.29 is 29.6 Å². The molecule has 2 aromatic carbocycles. The number of carbonyl (C=O) groups is 1. The van der Waals surface area contributed by atoms with E-state index in [0.29, 0.717) is 11.1 Å². The molecule has 0 aromatic heterocycles. The molecule has 0 fully saturated rings. The molecule has 2 aromatic rings. The lowest BCUT2D eigenvalue weighted by Gasteiger charge is -2.16. The largest absolute Gasteiger partial charge is 0.504 e. The van der Waals surface area contributed by atoms with Crippen LogP contribution in [0.5, 0.6) is 23.0 Å². The Morgan fingerprint density at radius 1 is 1.00 bits per heavy atom. The number of aromatic hydroxyl groups is 2. The van der Waals surface area contributed by atoms with Crippen LogP contribution in [0.3, 0.4) is 0 Å². The fraction of sp³-hybridized carbons (Fsp3) is 0.235. The van der Waals surface area contributed by atoms with Gasteiger partial charge in [0.05, 0.1) is 26.7 Å². The van der Waals surface area contributed by atoms with Gasteiger partial charge in [-0.15, -0.1) is 0 Å². The quantitative estimate of drug-likeness (QED) is 0.706. The molecule has 6 heteroatoms. The normalized spacial score (nSPS) is 11.8. The van der Waals surface area contributed by atoms with E-state index < -0.39 is 12.5 Å². The van der Waals surface area contributed by atoms with E-state index in [1.807, 2.05) is 0 Å². The lowest BCUT2D eigenvalue weighted by Crippen LogP contribution is -2.17. The van der Waals surface area contributed by atoms with Crippen LogP contribution < -0.4 is 9.47 Å². The lowest BCUT2D eigenvalue weighted by atomic mass is 9.91. The molecule has 6 nitrogen and oxygen atoms in total. The predicted octanol–water partition coefficient (Wildman–Crippen LogP) is 2.07. The molecular formula is C17H18O6. The molecule has 0 spiro atoms. The molecule has 0 unspecified atom stereocenters. The van der Waals surface area contributed by atoms with Crippen molar-refractivity contribution >= 4 is 5.78 Å². The first-order valence-corrected chi connectivity index (χ1v) is 6.90. The third kappa shape index (κ3) is 3.37. The highest BCUT2D eigenvalue weighted by Crippen LogP contribution is 2.32. The number of phenolic OH excluding ortho intramolecular Hbond substituents is 2. The minimum atomic E-state index is -0.821. The molecule has 0 radical (unpaired) electrons. The zero-order valence-electron chi connectivity index (χ0n) is 12.8. The first-order valence-electron chi connectivity index (χ1n) is 6.90. The summed E-state index contributed by atoms with van der Waals surface area (Å²) in [4.78, 5) is 12.6. The molecule has 1 atom stereocenters. The number of benzene rings is 2. The second-order valence-corrected chi connectivity index (χ2v) is 4.92. The number of hydrogen-bond acceptors (Lipinski definition) is 6. The number of aliphatic hydroxyl groups is 1. The van der Waals surface area contributed by atoms with Crippen LogP contribution in [0.4, 0.5) is 0 Å². The maximum absolute atomic E-state index is 12.6. The number of methoxy groups -OCH3 is 2. The first-order chi connectivity index (χ1) is 11.0. The molecule has 0 amide bonds. The van der Waals surface area contributed by atoms with E-state index in [1.165, 1.54) is 44.6 Å². The highest BCUT2D eigenvalue weighted by molar-refractivity contribution is 6.01. The minimum Gasteiger partial charge on any atom is -0.504 e. The van der Waals surface area contributed by atoms with Gasteiger partial charge in [-0.3, -0.25) is 4.79 Å². The first kappa shape index (κ1) is 16.6. The maximum atomic E-state index is 12.6. The second kappa shape index (κ2) is 7.02.